The van der Waals surface area contributed by atoms with Crippen molar-refractivity contribution >= 4 is 11.3 Å². The van der Waals surface area contributed by atoms with Crippen LogP contribution in [0.5, 0.6) is 0 Å². The molecule has 1 aromatic carbocycles. The van der Waals surface area contributed by atoms with Crippen molar-refractivity contribution in [2.75, 3.05) is 6.61 Å². The van der Waals surface area contributed by atoms with E-state index in [1.807, 2.05) is 6.07 Å². The predicted molar refractivity (Wildman–Crippen MR) is 60.8 cm³/mol. The lowest BCUT2D eigenvalue weighted by atomic mass is 10.2. The van der Waals surface area contributed by atoms with Crippen LogP contribution in [-0.2, 0) is 13.0 Å². The van der Waals surface area contributed by atoms with Crippen LogP contribution in [0.1, 0.15) is 10.4 Å². The molecule has 0 radical (unpaired) electrons. The molecule has 0 bridgehead atoms. The summed E-state index contributed by atoms with van der Waals surface area (Å²) in [4.78, 5) is 1.23. The first kappa shape index (κ1) is 13.2. The Balaban J connectivity index is 0.00000128. The van der Waals surface area contributed by atoms with E-state index in [0.717, 1.165) is 13.0 Å². The van der Waals surface area contributed by atoms with Gasteiger partial charge in [0.2, 0.25) is 5.51 Å². The van der Waals surface area contributed by atoms with Gasteiger partial charge in [-0.15, -0.1) is 0 Å². The molecule has 1 aromatic heterocycles. The molecule has 1 N–H and O–H groups in total. The summed E-state index contributed by atoms with van der Waals surface area (Å²) >= 11 is 1.70. The molecular weight excluding hydrogens is 242 g/mol. The third-order valence-electron chi connectivity index (χ3n) is 2.22. The van der Waals surface area contributed by atoms with E-state index in [4.69, 9.17) is 5.11 Å². The van der Waals surface area contributed by atoms with Crippen LogP contribution < -0.4 is 17.0 Å². The highest BCUT2D eigenvalue weighted by atomic mass is 35.5. The molecule has 0 saturated heterocycles. The van der Waals surface area contributed by atoms with Gasteiger partial charge in [-0.25, -0.2) is 0 Å². The van der Waals surface area contributed by atoms with Crippen molar-refractivity contribution in [3.63, 3.8) is 0 Å². The fourth-order valence-electron chi connectivity index (χ4n) is 1.49. The molecule has 0 amide bonds. The van der Waals surface area contributed by atoms with Gasteiger partial charge >= 0.3 is 0 Å². The number of hydrogen-bond donors (Lipinski definition) is 1. The summed E-state index contributed by atoms with van der Waals surface area (Å²) in [6.07, 6.45) is 2.86. The van der Waals surface area contributed by atoms with E-state index in [2.05, 4.69) is 40.5 Å². The van der Waals surface area contributed by atoms with E-state index < -0.39 is 0 Å². The van der Waals surface area contributed by atoms with Gasteiger partial charge in [0, 0.05) is 18.6 Å². The molecule has 0 saturated carbocycles. The van der Waals surface area contributed by atoms with Crippen molar-refractivity contribution in [3.05, 3.63) is 52.5 Å². The SMILES string of the molecule is OCCc1c[n+](Cc2ccccc2)cs1.[Cl-]. The standard InChI is InChI=1S/C12H14NOS.ClH/c14-7-6-12-9-13(10-15-12)8-11-4-2-1-3-5-11;/h1-5,9-10,14H,6-8H2;1H/q+1;/p-1. The number of rotatable bonds is 4. The lowest BCUT2D eigenvalue weighted by Crippen LogP contribution is -3.00. The summed E-state index contributed by atoms with van der Waals surface area (Å²) in [5, 5.41) is 8.82. The fourth-order valence-corrected chi connectivity index (χ4v) is 2.30. The zero-order valence-electron chi connectivity index (χ0n) is 8.84. The number of aromatic nitrogens is 1. The largest absolute Gasteiger partial charge is 1.00 e. The zero-order valence-corrected chi connectivity index (χ0v) is 10.4. The molecule has 0 aliphatic carbocycles. The Morgan fingerprint density at radius 2 is 1.94 bits per heavy atom. The number of aliphatic hydroxyl groups is 1. The lowest BCUT2D eigenvalue weighted by Gasteiger charge is -1.93. The summed E-state index contributed by atoms with van der Waals surface area (Å²) in [5.74, 6) is 0. The highest BCUT2D eigenvalue weighted by Crippen LogP contribution is 2.06. The molecule has 0 unspecified atom stereocenters. The van der Waals surface area contributed by atoms with Crippen LogP contribution in [-0.4, -0.2) is 11.7 Å². The van der Waals surface area contributed by atoms with E-state index in [-0.39, 0.29) is 19.0 Å². The highest BCUT2D eigenvalue weighted by molar-refractivity contribution is 7.09. The number of thiazole rings is 1. The van der Waals surface area contributed by atoms with Crippen LogP contribution in [0.15, 0.2) is 42.0 Å². The van der Waals surface area contributed by atoms with Gasteiger partial charge in [-0.1, -0.05) is 41.7 Å². The van der Waals surface area contributed by atoms with E-state index in [0.29, 0.717) is 0 Å². The minimum atomic E-state index is 0. The summed E-state index contributed by atoms with van der Waals surface area (Å²) < 4.78 is 2.16. The van der Waals surface area contributed by atoms with Crippen LogP contribution in [0.25, 0.3) is 0 Å². The molecule has 1 heterocycles. The summed E-state index contributed by atoms with van der Waals surface area (Å²) in [6, 6.07) is 10.4. The highest BCUT2D eigenvalue weighted by Gasteiger charge is 2.06. The Hall–Kier alpha value is -0.900. The molecule has 2 aromatic rings. The topological polar surface area (TPSA) is 24.1 Å². The van der Waals surface area contributed by atoms with Crippen molar-refractivity contribution in [3.8, 4) is 0 Å². The Bertz CT molecular complexity index is 416. The first-order chi connectivity index (χ1) is 7.38. The van der Waals surface area contributed by atoms with E-state index >= 15 is 0 Å². The van der Waals surface area contributed by atoms with Crippen molar-refractivity contribution in [2.45, 2.75) is 13.0 Å². The number of hydrogen-bond acceptors (Lipinski definition) is 2. The molecular formula is C12H14ClNOS. The Morgan fingerprint density at radius 1 is 1.19 bits per heavy atom. The molecule has 0 spiro atoms. The Morgan fingerprint density at radius 3 is 2.62 bits per heavy atom. The molecule has 4 heteroatoms. The van der Waals surface area contributed by atoms with Crippen LogP contribution in [0.4, 0.5) is 0 Å². The number of benzene rings is 1. The first-order valence-electron chi connectivity index (χ1n) is 5.00. The van der Waals surface area contributed by atoms with Gasteiger partial charge in [-0.05, 0) is 0 Å². The maximum absolute atomic E-state index is 8.82. The van der Waals surface area contributed by atoms with Crippen molar-refractivity contribution < 1.29 is 22.1 Å². The van der Waals surface area contributed by atoms with Crippen LogP contribution in [0, 0.1) is 0 Å². The fraction of sp³-hybridized carbons (Fsp3) is 0.250. The molecule has 16 heavy (non-hydrogen) atoms. The third kappa shape index (κ3) is 3.59. The van der Waals surface area contributed by atoms with Gasteiger partial charge in [0.05, 0.1) is 4.88 Å². The van der Waals surface area contributed by atoms with Crippen LogP contribution >= 0.6 is 11.3 Å². The maximum atomic E-state index is 8.82. The quantitative estimate of drug-likeness (QED) is 0.670. The summed E-state index contributed by atoms with van der Waals surface area (Å²) in [7, 11) is 0. The number of nitrogens with zero attached hydrogens (tertiary/aromatic N) is 1. The second kappa shape index (κ2) is 6.63. The van der Waals surface area contributed by atoms with E-state index in [9.17, 15) is 0 Å². The molecule has 2 rings (SSSR count). The minimum Gasteiger partial charge on any atom is -1.00 e. The summed E-state index contributed by atoms with van der Waals surface area (Å²) in [6.45, 7) is 1.13. The molecule has 0 aliphatic heterocycles. The molecule has 2 nitrogen and oxygen atoms in total. The molecule has 0 aliphatic rings. The second-order valence-electron chi connectivity index (χ2n) is 3.45. The molecule has 0 fully saturated rings. The lowest BCUT2D eigenvalue weighted by molar-refractivity contribution is -0.683. The van der Waals surface area contributed by atoms with Gasteiger partial charge in [0.1, 0.15) is 0 Å². The minimum absolute atomic E-state index is 0. The average molecular weight is 256 g/mol. The Labute approximate surface area is 106 Å². The van der Waals surface area contributed by atoms with Crippen molar-refractivity contribution in [1.82, 2.24) is 0 Å². The predicted octanol–water partition coefficient (Wildman–Crippen LogP) is -1.38. The third-order valence-corrected chi connectivity index (χ3v) is 3.20. The second-order valence-corrected chi connectivity index (χ2v) is 4.42. The summed E-state index contributed by atoms with van der Waals surface area (Å²) in [5.41, 5.74) is 3.40. The van der Waals surface area contributed by atoms with Crippen molar-refractivity contribution in [2.24, 2.45) is 0 Å². The van der Waals surface area contributed by atoms with Crippen LogP contribution in [0.3, 0.4) is 0 Å². The normalized spacial score (nSPS) is 9.81. The van der Waals surface area contributed by atoms with E-state index in [1.165, 1.54) is 10.4 Å². The van der Waals surface area contributed by atoms with Gasteiger partial charge in [-0.3, -0.25) is 0 Å². The van der Waals surface area contributed by atoms with Gasteiger partial charge in [-0.2, -0.15) is 4.57 Å². The molecule has 0 atom stereocenters. The van der Waals surface area contributed by atoms with Crippen LogP contribution in [0.2, 0.25) is 0 Å². The first-order valence-corrected chi connectivity index (χ1v) is 5.87. The monoisotopic (exact) mass is 255 g/mol. The van der Waals surface area contributed by atoms with Gasteiger partial charge in [0.25, 0.3) is 0 Å². The maximum Gasteiger partial charge on any atom is 0.225 e. The smallest absolute Gasteiger partial charge is 0.225 e. The van der Waals surface area contributed by atoms with Gasteiger partial charge < -0.3 is 17.5 Å². The number of halogens is 1. The molecule has 86 valence electrons. The Kier molecular flexibility index (Phi) is 5.46. The average Bonchev–Trinajstić information content (AvgIpc) is 2.68. The van der Waals surface area contributed by atoms with Crippen molar-refractivity contribution in [1.29, 1.82) is 0 Å². The van der Waals surface area contributed by atoms with Gasteiger partial charge in [0.15, 0.2) is 12.7 Å². The van der Waals surface area contributed by atoms with E-state index in [1.54, 1.807) is 11.3 Å². The number of aliphatic hydroxyl groups excluding tert-OH is 1. The zero-order chi connectivity index (χ0) is 10.5.